The van der Waals surface area contributed by atoms with E-state index in [0.29, 0.717) is 31.8 Å². The Balaban J connectivity index is 1.94. The maximum atomic E-state index is 13.7. The molecule has 0 aliphatic carbocycles. The average Bonchev–Trinajstić information content (AvgIpc) is 2.47. The van der Waals surface area contributed by atoms with Crippen LogP contribution in [0.5, 0.6) is 0 Å². The first kappa shape index (κ1) is 16.9. The molecule has 1 aromatic carbocycles. The number of rotatable bonds is 5. The van der Waals surface area contributed by atoms with E-state index in [1.807, 2.05) is 25.9 Å². The number of benzene rings is 1. The van der Waals surface area contributed by atoms with Crippen LogP contribution in [0.3, 0.4) is 0 Å². The number of hydrogen-bond acceptors (Lipinski definition) is 4. The van der Waals surface area contributed by atoms with Gasteiger partial charge in [-0.2, -0.15) is 0 Å². The Hall–Kier alpha value is -1.50. The third-order valence-electron chi connectivity index (χ3n) is 3.66. The molecule has 0 spiro atoms. The Labute approximate surface area is 130 Å². The fourth-order valence-electron chi connectivity index (χ4n) is 2.53. The highest BCUT2D eigenvalue weighted by molar-refractivity contribution is 5.82. The Morgan fingerprint density at radius 3 is 2.95 bits per heavy atom. The van der Waals surface area contributed by atoms with Gasteiger partial charge >= 0.3 is 0 Å². The zero-order valence-corrected chi connectivity index (χ0v) is 13.4. The van der Waals surface area contributed by atoms with Crippen molar-refractivity contribution in [3.8, 4) is 0 Å². The third-order valence-corrected chi connectivity index (χ3v) is 3.66. The maximum absolute atomic E-state index is 13.7. The standard InChI is InChI=1S/C16H24FN3O2/c1-11-15(18-6-7-22-11)16(21)19-9-12-4-5-14(17)13(8-12)10-20(2)3/h4-5,8,11,15,18H,6-7,9-10H2,1-3H3,(H,19,21)/t11-,15+/m1/s1. The van der Waals surface area contributed by atoms with Gasteiger partial charge in [-0.1, -0.05) is 6.07 Å². The summed E-state index contributed by atoms with van der Waals surface area (Å²) in [6.07, 6.45) is -0.147. The van der Waals surface area contributed by atoms with Crippen LogP contribution in [0.25, 0.3) is 0 Å². The highest BCUT2D eigenvalue weighted by Gasteiger charge is 2.27. The molecule has 1 fully saturated rings. The minimum atomic E-state index is -0.338. The molecule has 2 rings (SSSR count). The summed E-state index contributed by atoms with van der Waals surface area (Å²) < 4.78 is 19.2. The van der Waals surface area contributed by atoms with Crippen LogP contribution in [0.15, 0.2) is 18.2 Å². The molecule has 1 saturated heterocycles. The van der Waals surface area contributed by atoms with Crippen molar-refractivity contribution in [3.05, 3.63) is 35.1 Å². The molecule has 2 atom stereocenters. The molecule has 0 bridgehead atoms. The van der Waals surface area contributed by atoms with E-state index in [1.165, 1.54) is 6.07 Å². The van der Waals surface area contributed by atoms with Crippen LogP contribution in [0.4, 0.5) is 4.39 Å². The molecule has 22 heavy (non-hydrogen) atoms. The summed E-state index contributed by atoms with van der Waals surface area (Å²) in [6, 6.07) is 4.60. The zero-order chi connectivity index (χ0) is 16.1. The molecule has 0 aromatic heterocycles. The first-order valence-corrected chi connectivity index (χ1v) is 7.52. The molecule has 2 N–H and O–H groups in total. The molecule has 122 valence electrons. The number of morpholine rings is 1. The fraction of sp³-hybridized carbons (Fsp3) is 0.562. The molecule has 1 aliphatic rings. The lowest BCUT2D eigenvalue weighted by atomic mass is 10.1. The van der Waals surface area contributed by atoms with Gasteiger partial charge in [0, 0.05) is 25.2 Å². The summed E-state index contributed by atoms with van der Waals surface area (Å²) in [6.45, 7) is 4.08. The number of carbonyl (C=O) groups excluding carboxylic acids is 1. The van der Waals surface area contributed by atoms with Crippen molar-refractivity contribution in [1.82, 2.24) is 15.5 Å². The molecule has 1 heterocycles. The van der Waals surface area contributed by atoms with E-state index in [9.17, 15) is 9.18 Å². The normalized spacial score (nSPS) is 21.9. The molecular formula is C16H24FN3O2. The smallest absolute Gasteiger partial charge is 0.240 e. The van der Waals surface area contributed by atoms with Gasteiger partial charge in [-0.25, -0.2) is 4.39 Å². The molecule has 0 unspecified atom stereocenters. The van der Waals surface area contributed by atoms with Crippen molar-refractivity contribution >= 4 is 5.91 Å². The van der Waals surface area contributed by atoms with E-state index < -0.39 is 0 Å². The number of carbonyl (C=O) groups is 1. The summed E-state index contributed by atoms with van der Waals surface area (Å²) >= 11 is 0. The molecule has 0 saturated carbocycles. The van der Waals surface area contributed by atoms with Gasteiger partial charge in [-0.3, -0.25) is 4.79 Å². The lowest BCUT2D eigenvalue weighted by molar-refractivity contribution is -0.129. The summed E-state index contributed by atoms with van der Waals surface area (Å²) in [4.78, 5) is 14.1. The topological polar surface area (TPSA) is 53.6 Å². The zero-order valence-electron chi connectivity index (χ0n) is 13.4. The first-order valence-electron chi connectivity index (χ1n) is 7.52. The minimum Gasteiger partial charge on any atom is -0.375 e. The first-order chi connectivity index (χ1) is 10.5. The van der Waals surface area contributed by atoms with Crippen molar-refractivity contribution in [2.45, 2.75) is 32.2 Å². The van der Waals surface area contributed by atoms with Crippen molar-refractivity contribution in [2.75, 3.05) is 27.2 Å². The van der Waals surface area contributed by atoms with Gasteiger partial charge in [0.2, 0.25) is 5.91 Å². The van der Waals surface area contributed by atoms with Gasteiger partial charge < -0.3 is 20.3 Å². The molecular weight excluding hydrogens is 285 g/mol. The number of nitrogens with one attached hydrogen (secondary N) is 2. The van der Waals surface area contributed by atoms with E-state index in [-0.39, 0.29) is 23.9 Å². The second kappa shape index (κ2) is 7.67. The Bertz CT molecular complexity index is 522. The quantitative estimate of drug-likeness (QED) is 0.848. The summed E-state index contributed by atoms with van der Waals surface area (Å²) in [7, 11) is 3.79. The predicted molar refractivity (Wildman–Crippen MR) is 82.8 cm³/mol. The Morgan fingerprint density at radius 2 is 2.27 bits per heavy atom. The second-order valence-electron chi connectivity index (χ2n) is 5.89. The third kappa shape index (κ3) is 4.50. The van der Waals surface area contributed by atoms with E-state index in [4.69, 9.17) is 4.74 Å². The molecule has 1 amide bonds. The number of halogens is 1. The van der Waals surface area contributed by atoms with Crippen LogP contribution in [-0.2, 0) is 22.6 Å². The lowest BCUT2D eigenvalue weighted by Crippen LogP contribution is -2.55. The monoisotopic (exact) mass is 309 g/mol. The molecule has 1 aromatic rings. The highest BCUT2D eigenvalue weighted by Crippen LogP contribution is 2.12. The number of amides is 1. The number of hydrogen-bond donors (Lipinski definition) is 2. The lowest BCUT2D eigenvalue weighted by Gasteiger charge is -2.29. The molecule has 5 nitrogen and oxygen atoms in total. The van der Waals surface area contributed by atoms with Gasteiger partial charge in [0.05, 0.1) is 12.7 Å². The Morgan fingerprint density at radius 1 is 1.50 bits per heavy atom. The molecule has 1 aliphatic heterocycles. The van der Waals surface area contributed by atoms with Crippen LogP contribution in [0.1, 0.15) is 18.1 Å². The van der Waals surface area contributed by atoms with Gasteiger partial charge in [0.25, 0.3) is 0 Å². The van der Waals surface area contributed by atoms with E-state index in [2.05, 4.69) is 10.6 Å². The SMILES string of the molecule is C[C@H]1OCCN[C@@H]1C(=O)NCc1ccc(F)c(CN(C)C)c1. The van der Waals surface area contributed by atoms with E-state index in [0.717, 1.165) is 5.56 Å². The summed E-state index contributed by atoms with van der Waals surface area (Å²) in [5.74, 6) is -0.314. The van der Waals surface area contributed by atoms with Gasteiger partial charge in [0.1, 0.15) is 11.9 Å². The van der Waals surface area contributed by atoms with Gasteiger partial charge in [0.15, 0.2) is 0 Å². The van der Waals surface area contributed by atoms with Crippen LogP contribution in [0, 0.1) is 5.82 Å². The fourth-order valence-corrected chi connectivity index (χ4v) is 2.53. The van der Waals surface area contributed by atoms with Crippen LogP contribution in [-0.4, -0.2) is 50.2 Å². The van der Waals surface area contributed by atoms with Crippen LogP contribution in [0.2, 0.25) is 0 Å². The highest BCUT2D eigenvalue weighted by atomic mass is 19.1. The van der Waals surface area contributed by atoms with Crippen molar-refractivity contribution in [1.29, 1.82) is 0 Å². The van der Waals surface area contributed by atoms with Crippen LogP contribution < -0.4 is 10.6 Å². The maximum Gasteiger partial charge on any atom is 0.240 e. The predicted octanol–water partition coefficient (Wildman–Crippen LogP) is 0.880. The average molecular weight is 309 g/mol. The number of nitrogens with zero attached hydrogens (tertiary/aromatic N) is 1. The summed E-state index contributed by atoms with van der Waals surface area (Å²) in [5, 5.41) is 6.03. The van der Waals surface area contributed by atoms with E-state index in [1.54, 1.807) is 12.1 Å². The minimum absolute atomic E-state index is 0.0920. The Kier molecular flexibility index (Phi) is 5.88. The van der Waals surface area contributed by atoms with Crippen molar-refractivity contribution in [2.24, 2.45) is 0 Å². The molecule has 0 radical (unpaired) electrons. The summed E-state index contributed by atoms with van der Waals surface area (Å²) in [5.41, 5.74) is 1.51. The van der Waals surface area contributed by atoms with Gasteiger partial charge in [-0.05, 0) is 38.7 Å². The number of ether oxygens (including phenoxy) is 1. The largest absolute Gasteiger partial charge is 0.375 e. The van der Waals surface area contributed by atoms with Crippen molar-refractivity contribution in [3.63, 3.8) is 0 Å². The van der Waals surface area contributed by atoms with Gasteiger partial charge in [-0.15, -0.1) is 0 Å². The second-order valence-corrected chi connectivity index (χ2v) is 5.89. The van der Waals surface area contributed by atoms with Crippen molar-refractivity contribution < 1.29 is 13.9 Å². The molecule has 6 heteroatoms. The van der Waals surface area contributed by atoms with E-state index >= 15 is 0 Å². The van der Waals surface area contributed by atoms with Crippen LogP contribution >= 0.6 is 0 Å².